The number of rotatable bonds is 3. The number of hydrazone groups is 1. The van der Waals surface area contributed by atoms with E-state index >= 15 is 0 Å². The summed E-state index contributed by atoms with van der Waals surface area (Å²) >= 11 is 0. The van der Waals surface area contributed by atoms with Crippen LogP contribution >= 0.6 is 0 Å². The van der Waals surface area contributed by atoms with Crippen LogP contribution in [0.15, 0.2) is 29.4 Å². The smallest absolute Gasteiger partial charge is 0.317 e. The zero-order chi connectivity index (χ0) is 32.3. The second-order valence-electron chi connectivity index (χ2n) is 17.7. The number of benzene rings is 1. The second kappa shape index (κ2) is 10.0. The van der Waals surface area contributed by atoms with Gasteiger partial charge < -0.3 is 10.2 Å². The number of nitro groups is 1. The Morgan fingerprint density at radius 3 is 2.31 bits per heavy atom. The van der Waals surface area contributed by atoms with Gasteiger partial charge in [-0.15, -0.1) is 0 Å². The molecule has 5 fully saturated rings. The Balaban J connectivity index is 1.29. The first kappa shape index (κ1) is 31.2. The molecule has 6 aliphatic rings. The van der Waals surface area contributed by atoms with E-state index in [-0.39, 0.29) is 50.7 Å². The Bertz CT molecular complexity index is 1430. The van der Waals surface area contributed by atoms with Gasteiger partial charge in [-0.1, -0.05) is 53.7 Å². The van der Waals surface area contributed by atoms with Crippen LogP contribution in [0.1, 0.15) is 118 Å². The van der Waals surface area contributed by atoms with Gasteiger partial charge in [0.25, 0.3) is 5.69 Å². The van der Waals surface area contributed by atoms with Crippen LogP contribution in [0.2, 0.25) is 0 Å². The average Bonchev–Trinajstić information content (AvgIpc) is 3.43. The normalized spacial score (nSPS) is 50.0. The Kier molecular flexibility index (Phi) is 6.95. The maximum atomic E-state index is 14.0. The minimum atomic E-state index is -0.813. The van der Waals surface area contributed by atoms with E-state index < -0.39 is 5.41 Å². The molecule has 0 spiro atoms. The molecule has 5 aliphatic carbocycles. The number of non-ortho nitro benzene ring substituents is 1. The summed E-state index contributed by atoms with van der Waals surface area (Å²) in [5, 5.41) is 16.3. The first-order valence-corrected chi connectivity index (χ1v) is 17.8. The van der Waals surface area contributed by atoms with E-state index in [1.54, 1.807) is 12.1 Å². The summed E-state index contributed by atoms with van der Waals surface area (Å²) < 4.78 is 5.61. The monoisotopic (exact) mass is 617 g/mol. The van der Waals surface area contributed by atoms with Gasteiger partial charge in [-0.3, -0.25) is 14.9 Å². The average molecular weight is 618 g/mol. The molecular weight excluding hydrogens is 562 g/mol. The highest BCUT2D eigenvalue weighted by Crippen LogP contribution is 2.77. The van der Waals surface area contributed by atoms with Gasteiger partial charge in [-0.25, -0.2) is 0 Å². The Labute approximate surface area is 269 Å². The van der Waals surface area contributed by atoms with Crippen LogP contribution in [-0.4, -0.2) is 23.7 Å². The number of nitrogens with zero attached hydrogens (tertiary/aromatic N) is 2. The summed E-state index contributed by atoms with van der Waals surface area (Å²) in [6.45, 7) is 17.7. The topological polar surface area (TPSA) is 93.8 Å². The summed E-state index contributed by atoms with van der Waals surface area (Å²) in [6, 6.07) is 6.78. The van der Waals surface area contributed by atoms with E-state index in [4.69, 9.17) is 9.84 Å². The van der Waals surface area contributed by atoms with Gasteiger partial charge in [0.1, 0.15) is 5.41 Å². The molecule has 13 atom stereocenters. The SMILES string of the molecule is COC(=O)[C@@]1(C)C2=NNC(c3ccc([N+](=O)[O-])cc3)C2C[C@]2(C)[C@H]3CC[C@@H]4[C@@H]5[C@@H](C)[C@H](C)CC[C@]5(C)CC[C@@]4(C)[C@]3(C)CC[C@@H]12. The second-order valence-corrected chi connectivity index (χ2v) is 17.7. The highest BCUT2D eigenvalue weighted by atomic mass is 16.6. The number of esters is 1. The maximum absolute atomic E-state index is 14.0. The molecule has 246 valence electrons. The zero-order valence-corrected chi connectivity index (χ0v) is 28.8. The van der Waals surface area contributed by atoms with Gasteiger partial charge in [0, 0.05) is 18.1 Å². The number of hydrogen-bond acceptors (Lipinski definition) is 6. The molecule has 1 N–H and O–H groups in total. The summed E-state index contributed by atoms with van der Waals surface area (Å²) in [7, 11) is 1.52. The largest absolute Gasteiger partial charge is 0.468 e. The summed E-state index contributed by atoms with van der Waals surface area (Å²) in [5.41, 5.74) is 5.47. The number of carbonyl (C=O) groups is 1. The Morgan fingerprint density at radius 2 is 1.64 bits per heavy atom. The quantitative estimate of drug-likeness (QED) is 0.208. The van der Waals surface area contributed by atoms with Crippen molar-refractivity contribution in [2.45, 2.75) is 112 Å². The molecule has 7 heteroatoms. The van der Waals surface area contributed by atoms with Gasteiger partial charge in [0.05, 0.1) is 23.8 Å². The van der Waals surface area contributed by atoms with E-state index in [1.165, 1.54) is 45.6 Å². The number of hydrogen-bond donors (Lipinski definition) is 1. The Hall–Kier alpha value is -2.44. The Morgan fingerprint density at radius 1 is 0.933 bits per heavy atom. The fourth-order valence-electron chi connectivity index (χ4n) is 13.7. The number of carbonyl (C=O) groups excluding carboxylic acids is 1. The van der Waals surface area contributed by atoms with Crippen LogP contribution in [0.4, 0.5) is 5.69 Å². The number of nitrogens with one attached hydrogen (secondary N) is 1. The van der Waals surface area contributed by atoms with Crippen molar-refractivity contribution in [3.8, 4) is 0 Å². The minimum absolute atomic E-state index is 0.0264. The predicted octanol–water partition coefficient (Wildman–Crippen LogP) is 8.73. The number of ether oxygens (including phenoxy) is 1. The van der Waals surface area contributed by atoms with E-state index in [2.05, 4.69) is 53.9 Å². The molecule has 1 aliphatic heterocycles. The van der Waals surface area contributed by atoms with E-state index in [0.29, 0.717) is 11.3 Å². The summed E-state index contributed by atoms with van der Waals surface area (Å²) in [4.78, 5) is 25.0. The van der Waals surface area contributed by atoms with Gasteiger partial charge in [0.2, 0.25) is 0 Å². The highest BCUT2D eigenvalue weighted by Gasteiger charge is 2.73. The molecule has 0 radical (unpaired) electrons. The first-order valence-electron chi connectivity index (χ1n) is 17.8. The molecule has 2 unspecified atom stereocenters. The fourth-order valence-corrected chi connectivity index (χ4v) is 13.7. The predicted molar refractivity (Wildman–Crippen MR) is 176 cm³/mol. The molecule has 1 heterocycles. The van der Waals surface area contributed by atoms with Crippen molar-refractivity contribution in [2.75, 3.05) is 7.11 Å². The third-order valence-corrected chi connectivity index (χ3v) is 16.3. The van der Waals surface area contributed by atoms with Crippen LogP contribution in [0, 0.1) is 78.6 Å². The molecule has 0 aromatic heterocycles. The fraction of sp³-hybridized carbons (Fsp3) is 0.789. The highest BCUT2D eigenvalue weighted by molar-refractivity contribution is 6.09. The van der Waals surface area contributed by atoms with Gasteiger partial charge >= 0.3 is 5.97 Å². The standard InChI is InChI=1S/C38H55N3O4/c1-22-15-17-34(3)19-20-36(5)27(30(34)23(22)2)13-14-28-35(4)21-26-31(24-9-11-25(12-10-24)41(43)44)39-40-32(26)38(7,33(42)45-8)29(35)16-18-37(28,36)6/h9-12,22-23,26-31,39H,13-21H2,1-8H3/t22-,23+,26?,27-,28-,29-,30+,31?,34-,35-,36-,37-,38-/m1/s1. The third kappa shape index (κ3) is 3.94. The van der Waals surface area contributed by atoms with Crippen molar-refractivity contribution < 1.29 is 14.5 Å². The van der Waals surface area contributed by atoms with Crippen molar-refractivity contribution in [3.05, 3.63) is 39.9 Å². The first-order chi connectivity index (χ1) is 21.2. The molecule has 0 bridgehead atoms. The molecule has 0 amide bonds. The van der Waals surface area contributed by atoms with Crippen LogP contribution in [0.25, 0.3) is 0 Å². The molecule has 5 saturated carbocycles. The number of fused-ring (bicyclic) bond motifs is 8. The molecule has 7 nitrogen and oxygen atoms in total. The lowest BCUT2D eigenvalue weighted by molar-refractivity contribution is -0.384. The van der Waals surface area contributed by atoms with E-state index in [1.807, 2.05) is 12.1 Å². The van der Waals surface area contributed by atoms with Gasteiger partial charge in [-0.05, 0) is 127 Å². The molecule has 1 aromatic rings. The van der Waals surface area contributed by atoms with Crippen LogP contribution in [-0.2, 0) is 9.53 Å². The summed E-state index contributed by atoms with van der Waals surface area (Å²) in [5.74, 6) is 3.63. The van der Waals surface area contributed by atoms with Crippen LogP contribution in [0.3, 0.4) is 0 Å². The minimum Gasteiger partial charge on any atom is -0.468 e. The molecule has 7 rings (SSSR count). The lowest BCUT2D eigenvalue weighted by atomic mass is 9.30. The molecular formula is C38H55N3O4. The lowest BCUT2D eigenvalue weighted by Gasteiger charge is -2.73. The van der Waals surface area contributed by atoms with Crippen LogP contribution in [0.5, 0.6) is 0 Å². The van der Waals surface area contributed by atoms with Crippen molar-refractivity contribution in [1.29, 1.82) is 0 Å². The third-order valence-electron chi connectivity index (χ3n) is 16.3. The maximum Gasteiger partial charge on any atom is 0.317 e. The number of nitro benzene ring substituents is 1. The van der Waals surface area contributed by atoms with Crippen LogP contribution < -0.4 is 5.43 Å². The van der Waals surface area contributed by atoms with E-state index in [9.17, 15) is 14.9 Å². The molecule has 45 heavy (non-hydrogen) atoms. The van der Waals surface area contributed by atoms with Crippen molar-refractivity contribution in [3.63, 3.8) is 0 Å². The lowest BCUT2D eigenvalue weighted by Crippen LogP contribution is -2.69. The number of methoxy groups -OCH3 is 1. The van der Waals surface area contributed by atoms with Crippen molar-refractivity contribution in [2.24, 2.45) is 73.6 Å². The summed E-state index contributed by atoms with van der Waals surface area (Å²) in [6.07, 6.45) is 11.1. The van der Waals surface area contributed by atoms with Crippen molar-refractivity contribution in [1.82, 2.24) is 5.43 Å². The molecule has 1 aromatic carbocycles. The van der Waals surface area contributed by atoms with Crippen molar-refractivity contribution >= 4 is 17.4 Å². The van der Waals surface area contributed by atoms with Gasteiger partial charge in [0.15, 0.2) is 0 Å². The van der Waals surface area contributed by atoms with Gasteiger partial charge in [-0.2, -0.15) is 5.10 Å². The molecule has 0 saturated heterocycles. The zero-order valence-electron chi connectivity index (χ0n) is 28.8. The van der Waals surface area contributed by atoms with E-state index in [0.717, 1.165) is 54.2 Å².